The summed E-state index contributed by atoms with van der Waals surface area (Å²) in [5.74, 6) is -0.0159. The van der Waals surface area contributed by atoms with E-state index in [2.05, 4.69) is 24.1 Å². The molecule has 1 aliphatic carbocycles. The number of piperidine rings is 1. The molecule has 0 amide bonds. The van der Waals surface area contributed by atoms with Crippen LogP contribution < -0.4 is 5.32 Å². The second-order valence-corrected chi connectivity index (χ2v) is 6.51. The standard InChI is InChI=1S/C16H30N2O2/c1-4-12(2)18-10-13(16(19)20-3)9-15(11-18)17-14-7-5-6-8-14/h12-15,17H,4-11H2,1-3H3. The molecule has 0 aromatic heterocycles. The number of ether oxygens (including phenoxy) is 1. The van der Waals surface area contributed by atoms with Gasteiger partial charge >= 0.3 is 5.97 Å². The van der Waals surface area contributed by atoms with Crippen molar-refractivity contribution in [1.29, 1.82) is 0 Å². The lowest BCUT2D eigenvalue weighted by molar-refractivity contribution is -0.148. The van der Waals surface area contributed by atoms with Crippen LogP contribution in [0, 0.1) is 5.92 Å². The molecule has 0 aromatic rings. The van der Waals surface area contributed by atoms with Gasteiger partial charge in [-0.25, -0.2) is 0 Å². The second-order valence-electron chi connectivity index (χ2n) is 6.51. The minimum absolute atomic E-state index is 0.0293. The van der Waals surface area contributed by atoms with Crippen LogP contribution in [0.25, 0.3) is 0 Å². The van der Waals surface area contributed by atoms with Crippen molar-refractivity contribution < 1.29 is 9.53 Å². The number of carbonyl (C=O) groups is 1. The fourth-order valence-corrected chi connectivity index (χ4v) is 3.64. The Balaban J connectivity index is 1.96. The van der Waals surface area contributed by atoms with Crippen LogP contribution in [0.4, 0.5) is 0 Å². The predicted octanol–water partition coefficient (Wildman–Crippen LogP) is 2.18. The van der Waals surface area contributed by atoms with E-state index in [-0.39, 0.29) is 11.9 Å². The third-order valence-electron chi connectivity index (χ3n) is 5.05. The maximum atomic E-state index is 11.9. The number of nitrogens with zero attached hydrogens (tertiary/aromatic N) is 1. The molecule has 20 heavy (non-hydrogen) atoms. The Morgan fingerprint density at radius 1 is 1.30 bits per heavy atom. The summed E-state index contributed by atoms with van der Waals surface area (Å²) in [7, 11) is 1.50. The van der Waals surface area contributed by atoms with Crippen molar-refractivity contribution in [3.63, 3.8) is 0 Å². The van der Waals surface area contributed by atoms with Crippen molar-refractivity contribution in [3.8, 4) is 0 Å². The zero-order chi connectivity index (χ0) is 14.5. The molecule has 2 aliphatic rings. The van der Waals surface area contributed by atoms with Crippen molar-refractivity contribution in [1.82, 2.24) is 10.2 Å². The lowest BCUT2D eigenvalue weighted by Gasteiger charge is -2.41. The maximum Gasteiger partial charge on any atom is 0.310 e. The van der Waals surface area contributed by atoms with Crippen LogP contribution in [-0.2, 0) is 9.53 Å². The SMILES string of the molecule is CCC(C)N1CC(NC2CCCC2)CC(C(=O)OC)C1. The van der Waals surface area contributed by atoms with Crippen molar-refractivity contribution in [3.05, 3.63) is 0 Å². The van der Waals surface area contributed by atoms with E-state index in [1.54, 1.807) is 0 Å². The number of hydrogen-bond donors (Lipinski definition) is 1. The van der Waals surface area contributed by atoms with E-state index in [0.717, 1.165) is 25.9 Å². The van der Waals surface area contributed by atoms with Crippen LogP contribution in [0.2, 0.25) is 0 Å². The average Bonchev–Trinajstić information content (AvgIpc) is 2.98. The van der Waals surface area contributed by atoms with Crippen LogP contribution >= 0.6 is 0 Å². The third kappa shape index (κ3) is 3.95. The number of likely N-dealkylation sites (tertiary alicyclic amines) is 1. The first kappa shape index (κ1) is 15.8. The van der Waals surface area contributed by atoms with Crippen LogP contribution in [0.15, 0.2) is 0 Å². The van der Waals surface area contributed by atoms with E-state index >= 15 is 0 Å². The predicted molar refractivity (Wildman–Crippen MR) is 80.6 cm³/mol. The number of carbonyl (C=O) groups excluding carboxylic acids is 1. The molecule has 4 nitrogen and oxygen atoms in total. The largest absolute Gasteiger partial charge is 0.469 e. The lowest BCUT2D eigenvalue weighted by Crippen LogP contribution is -2.55. The minimum atomic E-state index is -0.0452. The number of esters is 1. The lowest BCUT2D eigenvalue weighted by atomic mass is 9.92. The van der Waals surface area contributed by atoms with Crippen LogP contribution in [0.3, 0.4) is 0 Å². The van der Waals surface area contributed by atoms with Crippen molar-refractivity contribution >= 4 is 5.97 Å². The van der Waals surface area contributed by atoms with Gasteiger partial charge in [-0.05, 0) is 32.6 Å². The molecule has 0 aromatic carbocycles. The first-order valence-electron chi connectivity index (χ1n) is 8.22. The van der Waals surface area contributed by atoms with Gasteiger partial charge in [0.2, 0.25) is 0 Å². The molecule has 1 saturated carbocycles. The van der Waals surface area contributed by atoms with Crippen LogP contribution in [0.1, 0.15) is 52.4 Å². The summed E-state index contributed by atoms with van der Waals surface area (Å²) in [5, 5.41) is 3.79. The minimum Gasteiger partial charge on any atom is -0.469 e. The molecule has 0 spiro atoms. The Bertz CT molecular complexity index is 316. The Morgan fingerprint density at radius 3 is 2.60 bits per heavy atom. The van der Waals surface area contributed by atoms with E-state index in [9.17, 15) is 4.79 Å². The van der Waals surface area contributed by atoms with Gasteiger partial charge in [-0.1, -0.05) is 19.8 Å². The summed E-state index contributed by atoms with van der Waals surface area (Å²) in [6, 6.07) is 1.63. The molecule has 1 saturated heterocycles. The Morgan fingerprint density at radius 2 is 2.00 bits per heavy atom. The van der Waals surface area contributed by atoms with Gasteiger partial charge in [-0.2, -0.15) is 0 Å². The molecule has 116 valence electrons. The molecular formula is C16H30N2O2. The topological polar surface area (TPSA) is 41.6 Å². The third-order valence-corrected chi connectivity index (χ3v) is 5.05. The average molecular weight is 282 g/mol. The van der Waals surface area contributed by atoms with Gasteiger partial charge in [-0.3, -0.25) is 9.69 Å². The van der Waals surface area contributed by atoms with Gasteiger partial charge in [0.1, 0.15) is 0 Å². The second kappa shape index (κ2) is 7.41. The summed E-state index contributed by atoms with van der Waals surface area (Å²) >= 11 is 0. The molecule has 0 bridgehead atoms. The molecule has 2 fully saturated rings. The highest BCUT2D eigenvalue weighted by Crippen LogP contribution is 2.24. The Labute approximate surface area is 123 Å². The molecule has 3 unspecified atom stereocenters. The van der Waals surface area contributed by atoms with Crippen molar-refractivity contribution in [2.75, 3.05) is 20.2 Å². The smallest absolute Gasteiger partial charge is 0.310 e. The van der Waals surface area contributed by atoms with E-state index in [4.69, 9.17) is 4.74 Å². The fourth-order valence-electron chi connectivity index (χ4n) is 3.64. The Hall–Kier alpha value is -0.610. The van der Waals surface area contributed by atoms with Gasteiger partial charge in [-0.15, -0.1) is 0 Å². The molecule has 0 radical (unpaired) electrons. The maximum absolute atomic E-state index is 11.9. The number of nitrogens with one attached hydrogen (secondary N) is 1. The number of methoxy groups -OCH3 is 1. The first-order valence-corrected chi connectivity index (χ1v) is 8.22. The normalized spacial score (nSPS) is 30.4. The van der Waals surface area contributed by atoms with Crippen LogP contribution in [-0.4, -0.2) is 49.2 Å². The van der Waals surface area contributed by atoms with Gasteiger partial charge < -0.3 is 10.1 Å². The number of rotatable bonds is 5. The van der Waals surface area contributed by atoms with Crippen molar-refractivity contribution in [2.45, 2.75) is 70.5 Å². The van der Waals surface area contributed by atoms with Gasteiger partial charge in [0.15, 0.2) is 0 Å². The summed E-state index contributed by atoms with van der Waals surface area (Å²) in [5.41, 5.74) is 0. The van der Waals surface area contributed by atoms with Gasteiger partial charge in [0.05, 0.1) is 13.0 Å². The van der Waals surface area contributed by atoms with Crippen LogP contribution in [0.5, 0.6) is 0 Å². The highest BCUT2D eigenvalue weighted by atomic mass is 16.5. The Kier molecular flexibility index (Phi) is 5.85. The summed E-state index contributed by atoms with van der Waals surface area (Å²) < 4.78 is 4.98. The quantitative estimate of drug-likeness (QED) is 0.785. The van der Waals surface area contributed by atoms with Gasteiger partial charge in [0, 0.05) is 31.2 Å². The zero-order valence-corrected chi connectivity index (χ0v) is 13.2. The molecule has 1 heterocycles. The molecule has 1 N–H and O–H groups in total. The highest BCUT2D eigenvalue weighted by Gasteiger charge is 2.34. The van der Waals surface area contributed by atoms with Gasteiger partial charge in [0.25, 0.3) is 0 Å². The van der Waals surface area contributed by atoms with Crippen molar-refractivity contribution in [2.24, 2.45) is 5.92 Å². The number of hydrogen-bond acceptors (Lipinski definition) is 4. The summed E-state index contributed by atoms with van der Waals surface area (Å²) in [4.78, 5) is 14.4. The molecule has 1 aliphatic heterocycles. The molecule has 2 rings (SSSR count). The zero-order valence-electron chi connectivity index (χ0n) is 13.2. The monoisotopic (exact) mass is 282 g/mol. The van der Waals surface area contributed by atoms with E-state index < -0.39 is 0 Å². The summed E-state index contributed by atoms with van der Waals surface area (Å²) in [6.45, 7) is 6.39. The first-order chi connectivity index (χ1) is 9.63. The van der Waals surface area contributed by atoms with E-state index in [1.165, 1.54) is 32.8 Å². The highest BCUT2D eigenvalue weighted by molar-refractivity contribution is 5.72. The summed E-state index contributed by atoms with van der Waals surface area (Å²) in [6.07, 6.45) is 7.34. The molecule has 3 atom stereocenters. The molecular weight excluding hydrogens is 252 g/mol. The molecule has 4 heteroatoms. The van der Waals surface area contributed by atoms with E-state index in [1.807, 2.05) is 0 Å². The van der Waals surface area contributed by atoms with E-state index in [0.29, 0.717) is 18.1 Å². The fraction of sp³-hybridized carbons (Fsp3) is 0.938.